The van der Waals surface area contributed by atoms with Gasteiger partial charge in [-0.05, 0) is 18.4 Å². The van der Waals surface area contributed by atoms with Crippen molar-refractivity contribution in [2.24, 2.45) is 11.1 Å². The normalized spacial score (nSPS) is 16.5. The Morgan fingerprint density at radius 1 is 1.11 bits per heavy atom. The quantitative estimate of drug-likeness (QED) is 0.623. The van der Waals surface area contributed by atoms with E-state index in [0.29, 0.717) is 0 Å². The zero-order valence-electron chi connectivity index (χ0n) is 10.7. The van der Waals surface area contributed by atoms with Crippen LogP contribution in [0.2, 0.25) is 0 Å². The Morgan fingerprint density at radius 2 is 1.61 bits per heavy atom. The van der Waals surface area contributed by atoms with Crippen molar-refractivity contribution in [2.75, 3.05) is 0 Å². The third-order valence-electron chi connectivity index (χ3n) is 3.29. The molecule has 2 N–H and O–H groups in total. The summed E-state index contributed by atoms with van der Waals surface area (Å²) < 4.78 is 52.4. The lowest BCUT2D eigenvalue weighted by atomic mass is 9.70. The summed E-state index contributed by atoms with van der Waals surface area (Å²) in [6, 6.07) is 0.745. The topological polar surface area (TPSA) is 38.9 Å². The Labute approximate surface area is 103 Å². The molecule has 18 heavy (non-hydrogen) atoms. The first kappa shape index (κ1) is 14.9. The SMILES string of the molecule is CC(C)(C)C(C)(N)c1c(C(F)(F)F)ccnc1F. The summed E-state index contributed by atoms with van der Waals surface area (Å²) in [5, 5.41) is 0. The highest BCUT2D eigenvalue weighted by Gasteiger charge is 2.45. The molecule has 0 aliphatic carbocycles. The van der Waals surface area contributed by atoms with Crippen molar-refractivity contribution >= 4 is 0 Å². The lowest BCUT2D eigenvalue weighted by Crippen LogP contribution is -2.47. The van der Waals surface area contributed by atoms with Crippen LogP contribution >= 0.6 is 0 Å². The first-order valence-electron chi connectivity index (χ1n) is 5.40. The summed E-state index contributed by atoms with van der Waals surface area (Å²) in [4.78, 5) is 3.29. The van der Waals surface area contributed by atoms with Crippen molar-refractivity contribution in [2.45, 2.75) is 39.4 Å². The summed E-state index contributed by atoms with van der Waals surface area (Å²) in [6.07, 6.45) is -3.87. The average molecular weight is 264 g/mol. The maximum atomic E-state index is 13.7. The lowest BCUT2D eigenvalue weighted by molar-refractivity contribution is -0.139. The van der Waals surface area contributed by atoms with Gasteiger partial charge in [0.1, 0.15) is 0 Å². The van der Waals surface area contributed by atoms with Crippen LogP contribution in [0, 0.1) is 11.4 Å². The Morgan fingerprint density at radius 3 is 2.00 bits per heavy atom. The molecule has 1 aromatic heterocycles. The van der Waals surface area contributed by atoms with E-state index in [9.17, 15) is 17.6 Å². The van der Waals surface area contributed by atoms with Crippen LogP contribution in [-0.2, 0) is 11.7 Å². The molecule has 0 aliphatic rings. The molecular formula is C12H16F4N2. The molecule has 102 valence electrons. The van der Waals surface area contributed by atoms with Crippen molar-refractivity contribution < 1.29 is 17.6 Å². The molecule has 2 nitrogen and oxygen atoms in total. The number of hydrogen-bond donors (Lipinski definition) is 1. The van der Waals surface area contributed by atoms with E-state index in [0.717, 1.165) is 12.3 Å². The molecule has 1 atom stereocenters. The van der Waals surface area contributed by atoms with Gasteiger partial charge in [-0.2, -0.15) is 17.6 Å². The van der Waals surface area contributed by atoms with Crippen LogP contribution in [0.15, 0.2) is 12.3 Å². The number of alkyl halides is 3. The van der Waals surface area contributed by atoms with E-state index in [-0.39, 0.29) is 0 Å². The molecule has 1 unspecified atom stereocenters. The van der Waals surface area contributed by atoms with Gasteiger partial charge in [-0.1, -0.05) is 20.8 Å². The van der Waals surface area contributed by atoms with Crippen LogP contribution in [0.4, 0.5) is 17.6 Å². The summed E-state index contributed by atoms with van der Waals surface area (Å²) in [5.41, 5.74) is 2.02. The Balaban J connectivity index is 3.59. The molecule has 0 bridgehead atoms. The molecule has 0 spiro atoms. The molecule has 6 heteroatoms. The van der Waals surface area contributed by atoms with Gasteiger partial charge in [-0.15, -0.1) is 0 Å². The first-order valence-corrected chi connectivity index (χ1v) is 5.40. The van der Waals surface area contributed by atoms with Crippen molar-refractivity contribution in [1.29, 1.82) is 0 Å². The minimum absolute atomic E-state index is 0.593. The van der Waals surface area contributed by atoms with Gasteiger partial charge in [-0.3, -0.25) is 0 Å². The van der Waals surface area contributed by atoms with E-state index in [2.05, 4.69) is 4.98 Å². The maximum Gasteiger partial charge on any atom is 0.416 e. The number of halogens is 4. The number of hydrogen-bond acceptors (Lipinski definition) is 2. The highest BCUT2D eigenvalue weighted by molar-refractivity contribution is 5.35. The minimum Gasteiger partial charge on any atom is -0.321 e. The maximum absolute atomic E-state index is 13.7. The molecule has 1 rings (SSSR count). The molecule has 0 saturated carbocycles. The molecular weight excluding hydrogens is 248 g/mol. The van der Waals surface area contributed by atoms with Gasteiger partial charge < -0.3 is 5.73 Å². The van der Waals surface area contributed by atoms with Gasteiger partial charge in [0.05, 0.1) is 5.56 Å². The summed E-state index contributed by atoms with van der Waals surface area (Å²) in [7, 11) is 0. The van der Waals surface area contributed by atoms with Crippen LogP contribution in [-0.4, -0.2) is 4.98 Å². The van der Waals surface area contributed by atoms with Crippen molar-refractivity contribution in [3.63, 3.8) is 0 Å². The van der Waals surface area contributed by atoms with Gasteiger partial charge in [0.15, 0.2) is 0 Å². The van der Waals surface area contributed by atoms with Crippen molar-refractivity contribution in [3.05, 3.63) is 29.3 Å². The number of nitrogens with zero attached hydrogens (tertiary/aromatic N) is 1. The zero-order chi connectivity index (χ0) is 14.4. The zero-order valence-corrected chi connectivity index (χ0v) is 10.7. The van der Waals surface area contributed by atoms with Crippen LogP contribution in [0.5, 0.6) is 0 Å². The molecule has 0 saturated heterocycles. The van der Waals surface area contributed by atoms with Gasteiger partial charge in [0.25, 0.3) is 0 Å². The largest absolute Gasteiger partial charge is 0.416 e. The van der Waals surface area contributed by atoms with E-state index >= 15 is 0 Å². The van der Waals surface area contributed by atoms with Gasteiger partial charge in [0.2, 0.25) is 5.95 Å². The molecule has 0 radical (unpaired) electrons. The first-order chi connectivity index (χ1) is 7.89. The molecule has 1 aromatic rings. The summed E-state index contributed by atoms with van der Waals surface area (Å²) in [5.74, 6) is -1.18. The van der Waals surface area contributed by atoms with Gasteiger partial charge >= 0.3 is 6.18 Å². The van der Waals surface area contributed by atoms with Crippen LogP contribution in [0.3, 0.4) is 0 Å². The van der Waals surface area contributed by atoms with Gasteiger partial charge in [0, 0.05) is 17.3 Å². The Kier molecular flexibility index (Phi) is 3.46. The Hall–Kier alpha value is -1.17. The molecule has 1 heterocycles. The molecule has 0 fully saturated rings. The smallest absolute Gasteiger partial charge is 0.321 e. The molecule has 0 aliphatic heterocycles. The third-order valence-corrected chi connectivity index (χ3v) is 3.29. The number of rotatable bonds is 1. The van der Waals surface area contributed by atoms with E-state index in [1.165, 1.54) is 6.92 Å². The lowest BCUT2D eigenvalue weighted by Gasteiger charge is -2.40. The fraction of sp³-hybridized carbons (Fsp3) is 0.583. The summed E-state index contributed by atoms with van der Waals surface area (Å²) in [6.45, 7) is 6.33. The molecule has 0 amide bonds. The predicted molar refractivity (Wildman–Crippen MR) is 60.2 cm³/mol. The number of pyridine rings is 1. The monoisotopic (exact) mass is 264 g/mol. The summed E-state index contributed by atoms with van der Waals surface area (Å²) >= 11 is 0. The fourth-order valence-electron chi connectivity index (χ4n) is 1.54. The predicted octanol–water partition coefficient (Wildman–Crippen LogP) is 3.46. The second-order valence-corrected chi connectivity index (χ2v) is 5.47. The van der Waals surface area contributed by atoms with Crippen LogP contribution in [0.25, 0.3) is 0 Å². The Bertz CT molecular complexity index is 444. The average Bonchev–Trinajstić information content (AvgIpc) is 2.13. The highest BCUT2D eigenvalue weighted by Crippen LogP contribution is 2.43. The number of nitrogens with two attached hydrogens (primary N) is 1. The van der Waals surface area contributed by atoms with Crippen LogP contribution < -0.4 is 5.73 Å². The minimum atomic E-state index is -4.66. The van der Waals surface area contributed by atoms with Crippen LogP contribution in [0.1, 0.15) is 38.8 Å². The van der Waals surface area contributed by atoms with E-state index in [4.69, 9.17) is 5.73 Å². The van der Waals surface area contributed by atoms with E-state index in [1.54, 1.807) is 20.8 Å². The third kappa shape index (κ3) is 2.48. The van der Waals surface area contributed by atoms with Gasteiger partial charge in [-0.25, -0.2) is 4.98 Å². The second-order valence-electron chi connectivity index (χ2n) is 5.47. The highest BCUT2D eigenvalue weighted by atomic mass is 19.4. The fourth-order valence-corrected chi connectivity index (χ4v) is 1.54. The number of aromatic nitrogens is 1. The molecule has 0 aromatic carbocycles. The van der Waals surface area contributed by atoms with Crippen molar-refractivity contribution in [1.82, 2.24) is 4.98 Å². The second kappa shape index (κ2) is 4.19. The van der Waals surface area contributed by atoms with E-state index < -0.39 is 34.2 Å². The van der Waals surface area contributed by atoms with Crippen molar-refractivity contribution in [3.8, 4) is 0 Å². The standard InChI is InChI=1S/C12H16F4N2/c1-10(2,3)11(4,17)8-7(12(14,15)16)5-6-18-9(8)13/h5-6H,17H2,1-4H3. The van der Waals surface area contributed by atoms with E-state index in [1.807, 2.05) is 0 Å².